The van der Waals surface area contributed by atoms with Gasteiger partial charge in [-0.05, 0) is 55.2 Å². The maximum atomic E-state index is 12.6. The number of hydrogen-bond donors (Lipinski definition) is 1. The quantitative estimate of drug-likeness (QED) is 0.815. The Hall–Kier alpha value is -1.17. The van der Waals surface area contributed by atoms with Crippen LogP contribution in [-0.2, 0) is 10.0 Å². The van der Waals surface area contributed by atoms with E-state index in [2.05, 4.69) is 20.7 Å². The van der Waals surface area contributed by atoms with E-state index >= 15 is 0 Å². The van der Waals surface area contributed by atoms with Crippen LogP contribution in [0.15, 0.2) is 57.9 Å². The average molecular weight is 394 g/mol. The summed E-state index contributed by atoms with van der Waals surface area (Å²) < 4.78 is 29.0. The molecule has 1 N–H and O–H groups in total. The maximum absolute atomic E-state index is 12.6. The molecular formula is C18H20BrNO2S. The second kappa shape index (κ2) is 6.38. The van der Waals surface area contributed by atoms with E-state index in [1.807, 2.05) is 43.3 Å². The van der Waals surface area contributed by atoms with Crippen LogP contribution in [0.5, 0.6) is 0 Å². The summed E-state index contributed by atoms with van der Waals surface area (Å²) in [6.45, 7) is 1.99. The minimum atomic E-state index is -3.47. The summed E-state index contributed by atoms with van der Waals surface area (Å²) in [5, 5.41) is 0. The molecule has 0 atom stereocenters. The highest BCUT2D eigenvalue weighted by Crippen LogP contribution is 2.31. The SMILES string of the molecule is CC1(NS(=O)(=O)c2ccc(-c3ccc(Br)cc3)cc2)CCCC1. The largest absolute Gasteiger partial charge is 0.241 e. The average Bonchev–Trinajstić information content (AvgIpc) is 2.93. The summed E-state index contributed by atoms with van der Waals surface area (Å²) >= 11 is 3.41. The van der Waals surface area contributed by atoms with Gasteiger partial charge in [-0.2, -0.15) is 0 Å². The Morgan fingerprint density at radius 1 is 0.913 bits per heavy atom. The summed E-state index contributed by atoms with van der Waals surface area (Å²) in [4.78, 5) is 0.325. The molecule has 1 aliphatic rings. The minimum absolute atomic E-state index is 0.302. The highest BCUT2D eigenvalue weighted by molar-refractivity contribution is 9.10. The van der Waals surface area contributed by atoms with Gasteiger partial charge in [0.15, 0.2) is 0 Å². The van der Waals surface area contributed by atoms with Crippen molar-refractivity contribution < 1.29 is 8.42 Å². The number of benzene rings is 2. The molecule has 1 saturated carbocycles. The Bertz CT molecular complexity index is 777. The lowest BCUT2D eigenvalue weighted by Gasteiger charge is -2.24. The molecule has 2 aromatic carbocycles. The third kappa shape index (κ3) is 3.84. The van der Waals surface area contributed by atoms with Gasteiger partial charge in [0.2, 0.25) is 10.0 Å². The van der Waals surface area contributed by atoms with Gasteiger partial charge < -0.3 is 0 Å². The predicted molar refractivity (Wildman–Crippen MR) is 96.8 cm³/mol. The molecule has 0 aliphatic heterocycles. The van der Waals surface area contributed by atoms with Gasteiger partial charge in [-0.15, -0.1) is 0 Å². The first-order chi connectivity index (χ1) is 10.9. The lowest BCUT2D eigenvalue weighted by atomic mass is 10.0. The smallest absolute Gasteiger partial charge is 0.207 e. The van der Waals surface area contributed by atoms with Crippen LogP contribution in [-0.4, -0.2) is 14.0 Å². The van der Waals surface area contributed by atoms with Crippen LogP contribution < -0.4 is 4.72 Å². The minimum Gasteiger partial charge on any atom is -0.207 e. The Morgan fingerprint density at radius 3 is 1.91 bits per heavy atom. The van der Waals surface area contributed by atoms with E-state index in [1.54, 1.807) is 12.1 Å². The van der Waals surface area contributed by atoms with E-state index in [9.17, 15) is 8.42 Å². The van der Waals surface area contributed by atoms with Crippen molar-refractivity contribution in [3.8, 4) is 11.1 Å². The monoisotopic (exact) mass is 393 g/mol. The van der Waals surface area contributed by atoms with E-state index in [0.717, 1.165) is 41.3 Å². The topological polar surface area (TPSA) is 46.2 Å². The van der Waals surface area contributed by atoms with Crippen LogP contribution in [0.1, 0.15) is 32.6 Å². The zero-order valence-electron chi connectivity index (χ0n) is 13.0. The molecule has 0 unspecified atom stereocenters. The van der Waals surface area contributed by atoms with Gasteiger partial charge in [-0.25, -0.2) is 13.1 Å². The first kappa shape index (κ1) is 16.7. The normalized spacial score (nSPS) is 17.3. The van der Waals surface area contributed by atoms with Gasteiger partial charge in [-0.3, -0.25) is 0 Å². The van der Waals surface area contributed by atoms with E-state index in [0.29, 0.717) is 4.90 Å². The molecule has 1 fully saturated rings. The zero-order valence-corrected chi connectivity index (χ0v) is 15.5. The number of halogens is 1. The summed E-state index contributed by atoms with van der Waals surface area (Å²) in [7, 11) is -3.47. The molecule has 2 aromatic rings. The zero-order chi connectivity index (χ0) is 16.5. The fourth-order valence-electron chi connectivity index (χ4n) is 3.11. The first-order valence-corrected chi connectivity index (χ1v) is 10.1. The number of sulfonamides is 1. The van der Waals surface area contributed by atoms with Crippen molar-refractivity contribution in [1.29, 1.82) is 0 Å². The van der Waals surface area contributed by atoms with Crippen LogP contribution in [0.25, 0.3) is 11.1 Å². The standard InChI is InChI=1S/C18H20BrNO2S/c1-18(12-2-3-13-18)20-23(21,22)17-10-6-15(7-11-17)14-4-8-16(19)9-5-14/h4-11,20H,2-3,12-13H2,1H3. The van der Waals surface area contributed by atoms with Gasteiger partial charge in [0.1, 0.15) is 0 Å². The molecule has 3 rings (SSSR count). The lowest BCUT2D eigenvalue weighted by Crippen LogP contribution is -2.43. The second-order valence-corrected chi connectivity index (χ2v) is 9.00. The molecule has 0 bridgehead atoms. The Balaban J connectivity index is 1.82. The van der Waals surface area contributed by atoms with Crippen LogP contribution >= 0.6 is 15.9 Å². The molecule has 0 spiro atoms. The van der Waals surface area contributed by atoms with Crippen molar-refractivity contribution in [2.45, 2.75) is 43.0 Å². The molecular weight excluding hydrogens is 374 g/mol. The third-order valence-corrected chi connectivity index (χ3v) is 6.61. The number of nitrogens with one attached hydrogen (secondary N) is 1. The fourth-order valence-corrected chi connectivity index (χ4v) is 4.84. The van der Waals surface area contributed by atoms with Crippen molar-refractivity contribution in [2.24, 2.45) is 0 Å². The molecule has 0 heterocycles. The van der Waals surface area contributed by atoms with Crippen molar-refractivity contribution >= 4 is 26.0 Å². The van der Waals surface area contributed by atoms with Crippen molar-refractivity contribution in [2.75, 3.05) is 0 Å². The van der Waals surface area contributed by atoms with E-state index < -0.39 is 10.0 Å². The summed E-state index contributed by atoms with van der Waals surface area (Å²) in [6, 6.07) is 15.0. The molecule has 3 nitrogen and oxygen atoms in total. The first-order valence-electron chi connectivity index (χ1n) is 7.78. The third-order valence-electron chi connectivity index (χ3n) is 4.43. The summed E-state index contributed by atoms with van der Waals surface area (Å²) in [5.41, 5.74) is 1.76. The van der Waals surface area contributed by atoms with Gasteiger partial charge in [0.25, 0.3) is 0 Å². The predicted octanol–water partition coefficient (Wildman–Crippen LogP) is 4.73. The van der Waals surface area contributed by atoms with E-state index in [-0.39, 0.29) is 5.54 Å². The van der Waals surface area contributed by atoms with Gasteiger partial charge in [0.05, 0.1) is 4.90 Å². The molecule has 0 amide bonds. The molecule has 23 heavy (non-hydrogen) atoms. The van der Waals surface area contributed by atoms with Gasteiger partial charge in [-0.1, -0.05) is 53.0 Å². The van der Waals surface area contributed by atoms with Crippen LogP contribution in [0, 0.1) is 0 Å². The lowest BCUT2D eigenvalue weighted by molar-refractivity contribution is 0.427. The Kier molecular flexibility index (Phi) is 4.63. The van der Waals surface area contributed by atoms with E-state index in [1.165, 1.54) is 0 Å². The molecule has 0 saturated heterocycles. The Labute approximate surface area is 146 Å². The summed E-state index contributed by atoms with van der Waals surface area (Å²) in [6.07, 6.45) is 3.98. The molecule has 1 aliphatic carbocycles. The van der Waals surface area contributed by atoms with Gasteiger partial charge in [0, 0.05) is 10.0 Å². The van der Waals surface area contributed by atoms with Gasteiger partial charge >= 0.3 is 0 Å². The number of rotatable bonds is 4. The molecule has 5 heteroatoms. The van der Waals surface area contributed by atoms with Crippen LogP contribution in [0.2, 0.25) is 0 Å². The highest BCUT2D eigenvalue weighted by atomic mass is 79.9. The molecule has 122 valence electrons. The maximum Gasteiger partial charge on any atom is 0.241 e. The highest BCUT2D eigenvalue weighted by Gasteiger charge is 2.33. The molecule has 0 aromatic heterocycles. The van der Waals surface area contributed by atoms with Crippen molar-refractivity contribution in [1.82, 2.24) is 4.72 Å². The van der Waals surface area contributed by atoms with Crippen molar-refractivity contribution in [3.05, 3.63) is 53.0 Å². The Morgan fingerprint density at radius 2 is 1.39 bits per heavy atom. The second-order valence-electron chi connectivity index (χ2n) is 6.40. The summed E-state index contributed by atoms with van der Waals surface area (Å²) in [5.74, 6) is 0. The number of hydrogen-bond acceptors (Lipinski definition) is 2. The van der Waals surface area contributed by atoms with E-state index in [4.69, 9.17) is 0 Å². The van der Waals surface area contributed by atoms with Crippen molar-refractivity contribution in [3.63, 3.8) is 0 Å². The van der Waals surface area contributed by atoms with Crippen LogP contribution in [0.3, 0.4) is 0 Å². The van der Waals surface area contributed by atoms with Crippen LogP contribution in [0.4, 0.5) is 0 Å². The molecule has 0 radical (unpaired) electrons. The fraction of sp³-hybridized carbons (Fsp3) is 0.333.